The predicted octanol–water partition coefficient (Wildman–Crippen LogP) is 5.73. The molecule has 0 atom stereocenters. The Morgan fingerprint density at radius 2 is 1.77 bits per heavy atom. The van der Waals surface area contributed by atoms with Gasteiger partial charge in [-0.2, -0.15) is 0 Å². The van der Waals surface area contributed by atoms with Crippen molar-refractivity contribution in [2.24, 2.45) is 0 Å². The van der Waals surface area contributed by atoms with Gasteiger partial charge in [-0.1, -0.05) is 40.2 Å². The van der Waals surface area contributed by atoms with Gasteiger partial charge in [-0.25, -0.2) is 9.37 Å². The van der Waals surface area contributed by atoms with Crippen molar-refractivity contribution in [2.75, 3.05) is 6.61 Å². The van der Waals surface area contributed by atoms with E-state index in [-0.39, 0.29) is 5.82 Å². The summed E-state index contributed by atoms with van der Waals surface area (Å²) in [6, 6.07) is 18.1. The zero-order valence-electron chi connectivity index (χ0n) is 17.1. The van der Waals surface area contributed by atoms with Gasteiger partial charge in [0.1, 0.15) is 18.2 Å². The fraction of sp³-hybridized carbons (Fsp3) is 0.208. The number of nitrogens with zero attached hydrogens (tertiary/aromatic N) is 1. The molecule has 160 valence electrons. The van der Waals surface area contributed by atoms with Crippen LogP contribution in [0.5, 0.6) is 11.5 Å². The number of nitrogens with one attached hydrogen (secondary N) is 2. The molecule has 0 spiro atoms. The number of imidazole rings is 1. The number of ether oxygens (including phenoxy) is 2. The van der Waals surface area contributed by atoms with Crippen molar-refractivity contribution in [2.45, 2.75) is 26.6 Å². The molecule has 0 aliphatic carbocycles. The number of aromatic nitrogens is 2. The van der Waals surface area contributed by atoms with Crippen molar-refractivity contribution in [1.82, 2.24) is 15.3 Å². The summed E-state index contributed by atoms with van der Waals surface area (Å²) in [7, 11) is 0. The Morgan fingerprint density at radius 3 is 2.55 bits per heavy atom. The van der Waals surface area contributed by atoms with E-state index in [1.54, 1.807) is 12.1 Å². The Balaban J connectivity index is 1.42. The molecule has 0 unspecified atom stereocenters. The van der Waals surface area contributed by atoms with Crippen molar-refractivity contribution in [3.63, 3.8) is 0 Å². The minimum atomic E-state index is -0.263. The molecule has 0 aliphatic heterocycles. The van der Waals surface area contributed by atoms with Crippen LogP contribution < -0.4 is 14.8 Å². The Kier molecular flexibility index (Phi) is 6.84. The summed E-state index contributed by atoms with van der Waals surface area (Å²) in [5, 5.41) is 3.42. The predicted molar refractivity (Wildman–Crippen MR) is 123 cm³/mol. The van der Waals surface area contributed by atoms with Gasteiger partial charge < -0.3 is 19.8 Å². The van der Waals surface area contributed by atoms with E-state index in [1.807, 2.05) is 43.3 Å². The van der Waals surface area contributed by atoms with Crippen molar-refractivity contribution >= 4 is 27.0 Å². The van der Waals surface area contributed by atoms with E-state index in [4.69, 9.17) is 9.47 Å². The van der Waals surface area contributed by atoms with Gasteiger partial charge in [-0.15, -0.1) is 0 Å². The van der Waals surface area contributed by atoms with E-state index >= 15 is 0 Å². The molecule has 0 bridgehead atoms. The molecule has 4 aromatic rings. The van der Waals surface area contributed by atoms with Crippen molar-refractivity contribution < 1.29 is 13.9 Å². The topological polar surface area (TPSA) is 59.2 Å². The van der Waals surface area contributed by atoms with Crippen molar-refractivity contribution in [1.29, 1.82) is 0 Å². The van der Waals surface area contributed by atoms with Gasteiger partial charge in [0.2, 0.25) is 0 Å². The quantitative estimate of drug-likeness (QED) is 0.319. The van der Waals surface area contributed by atoms with Crippen molar-refractivity contribution in [3.05, 3.63) is 87.9 Å². The van der Waals surface area contributed by atoms with Crippen LogP contribution in [0, 0.1) is 5.82 Å². The minimum absolute atomic E-state index is 0.263. The lowest BCUT2D eigenvalue weighted by Crippen LogP contribution is -2.14. The number of fused-ring (bicyclic) bond motifs is 1. The first kappa shape index (κ1) is 21.3. The lowest BCUT2D eigenvalue weighted by atomic mass is 10.2. The van der Waals surface area contributed by atoms with E-state index in [1.165, 1.54) is 12.1 Å². The Hall–Kier alpha value is -2.90. The highest BCUT2D eigenvalue weighted by atomic mass is 79.9. The Labute approximate surface area is 188 Å². The Morgan fingerprint density at radius 1 is 1.00 bits per heavy atom. The summed E-state index contributed by atoms with van der Waals surface area (Å²) >= 11 is 3.63. The third-order valence-corrected chi connectivity index (χ3v) is 5.50. The maximum atomic E-state index is 13.1. The summed E-state index contributed by atoms with van der Waals surface area (Å²) in [5.74, 6) is 1.94. The van der Waals surface area contributed by atoms with E-state index in [9.17, 15) is 4.39 Å². The average molecular weight is 484 g/mol. The first-order valence-corrected chi connectivity index (χ1v) is 10.9. The van der Waals surface area contributed by atoms with Gasteiger partial charge in [0, 0.05) is 11.0 Å². The minimum Gasteiger partial charge on any atom is -0.490 e. The molecule has 0 aliphatic rings. The van der Waals surface area contributed by atoms with Crippen LogP contribution in [0.1, 0.15) is 23.9 Å². The van der Waals surface area contributed by atoms with E-state index in [0.29, 0.717) is 37.8 Å². The highest BCUT2D eigenvalue weighted by Crippen LogP contribution is 2.34. The average Bonchev–Trinajstić information content (AvgIpc) is 3.19. The lowest BCUT2D eigenvalue weighted by molar-refractivity contribution is 0.268. The van der Waals surface area contributed by atoms with Gasteiger partial charge in [-0.05, 0) is 54.4 Å². The van der Waals surface area contributed by atoms with E-state index in [0.717, 1.165) is 32.5 Å². The van der Waals surface area contributed by atoms with Gasteiger partial charge >= 0.3 is 0 Å². The molecule has 0 saturated carbocycles. The second-order valence-corrected chi connectivity index (χ2v) is 7.90. The van der Waals surface area contributed by atoms with Crippen molar-refractivity contribution in [3.8, 4) is 11.5 Å². The van der Waals surface area contributed by atoms with Crippen LogP contribution in [0.2, 0.25) is 0 Å². The van der Waals surface area contributed by atoms with Crippen LogP contribution in [0.25, 0.3) is 11.0 Å². The summed E-state index contributed by atoms with van der Waals surface area (Å²) in [6.45, 7) is 4.05. The summed E-state index contributed by atoms with van der Waals surface area (Å²) < 4.78 is 25.8. The number of H-pyrrole nitrogens is 1. The third kappa shape index (κ3) is 5.42. The second-order valence-electron chi connectivity index (χ2n) is 7.04. The maximum absolute atomic E-state index is 13.1. The highest BCUT2D eigenvalue weighted by Gasteiger charge is 2.12. The SMILES string of the molecule is CCOc1cc(CNCc2nc3ccccc3[nH]2)c(Br)cc1OCc1ccc(F)cc1. The monoisotopic (exact) mass is 483 g/mol. The zero-order chi connectivity index (χ0) is 21.6. The summed E-state index contributed by atoms with van der Waals surface area (Å²) in [6.07, 6.45) is 0. The number of rotatable bonds is 9. The van der Waals surface area contributed by atoms with Crippen LogP contribution in [0.3, 0.4) is 0 Å². The lowest BCUT2D eigenvalue weighted by Gasteiger charge is -2.15. The largest absolute Gasteiger partial charge is 0.490 e. The molecular weight excluding hydrogens is 461 g/mol. The number of aromatic amines is 1. The highest BCUT2D eigenvalue weighted by molar-refractivity contribution is 9.10. The molecule has 0 fully saturated rings. The smallest absolute Gasteiger partial charge is 0.162 e. The molecule has 4 rings (SSSR count). The first-order valence-electron chi connectivity index (χ1n) is 10.1. The van der Waals surface area contributed by atoms with Gasteiger partial charge in [-0.3, -0.25) is 0 Å². The molecule has 0 saturated heterocycles. The first-order chi connectivity index (χ1) is 15.1. The summed E-state index contributed by atoms with van der Waals surface area (Å²) in [5.41, 5.74) is 3.92. The maximum Gasteiger partial charge on any atom is 0.162 e. The molecule has 1 heterocycles. The normalized spacial score (nSPS) is 11.1. The van der Waals surface area contributed by atoms with Crippen LogP contribution in [0.4, 0.5) is 4.39 Å². The van der Waals surface area contributed by atoms with E-state index in [2.05, 4.69) is 31.2 Å². The molecule has 0 radical (unpaired) electrons. The number of para-hydroxylation sites is 2. The summed E-state index contributed by atoms with van der Waals surface area (Å²) in [4.78, 5) is 7.91. The van der Waals surface area contributed by atoms with Gasteiger partial charge in [0.15, 0.2) is 11.5 Å². The molecule has 0 amide bonds. The molecular formula is C24H23BrFN3O2. The zero-order valence-corrected chi connectivity index (χ0v) is 18.7. The fourth-order valence-electron chi connectivity index (χ4n) is 3.24. The van der Waals surface area contributed by atoms with Crippen LogP contribution in [-0.4, -0.2) is 16.6 Å². The van der Waals surface area contributed by atoms with E-state index < -0.39 is 0 Å². The number of halogens is 2. The second kappa shape index (κ2) is 9.94. The molecule has 1 aromatic heterocycles. The van der Waals surface area contributed by atoms with Crippen LogP contribution in [-0.2, 0) is 19.7 Å². The number of benzene rings is 3. The number of hydrogen-bond acceptors (Lipinski definition) is 4. The number of hydrogen-bond donors (Lipinski definition) is 2. The van der Waals surface area contributed by atoms with Crippen LogP contribution >= 0.6 is 15.9 Å². The molecule has 5 nitrogen and oxygen atoms in total. The van der Waals surface area contributed by atoms with Gasteiger partial charge in [0.05, 0.1) is 24.2 Å². The molecule has 7 heteroatoms. The standard InChI is InChI=1S/C24H23BrFN3O2/c1-2-30-22-11-17(13-27-14-24-28-20-5-3-4-6-21(20)29-24)19(25)12-23(22)31-15-16-7-9-18(26)10-8-16/h3-12,27H,2,13-15H2,1H3,(H,28,29). The molecule has 2 N–H and O–H groups in total. The van der Waals surface area contributed by atoms with Gasteiger partial charge in [0.25, 0.3) is 0 Å². The fourth-order valence-corrected chi connectivity index (χ4v) is 3.70. The Bertz CT molecular complexity index is 1130. The van der Waals surface area contributed by atoms with Crippen LogP contribution in [0.15, 0.2) is 65.1 Å². The molecule has 3 aromatic carbocycles. The third-order valence-electron chi connectivity index (χ3n) is 4.77. The molecule has 31 heavy (non-hydrogen) atoms.